The molecular formula is C28H35N3O3. The first kappa shape index (κ1) is 23.9. The summed E-state index contributed by atoms with van der Waals surface area (Å²) in [4.78, 5) is 33.4. The summed E-state index contributed by atoms with van der Waals surface area (Å²) in [6, 6.07) is 16.3. The standard InChI is InChI=1S/C28H35N3O3/c1-3-4-9-27(32)31(23-12-13-23)20-28(33)30(19-21-10-14-24(34-2)15-11-21)17-16-22-18-29-26-8-6-5-7-25(22)26/h5-8,10-11,14-15,18,23,29H,3-4,9,12-13,16-17,19-20H2,1-2H3. The van der Waals surface area contributed by atoms with Crippen molar-refractivity contribution in [2.45, 2.75) is 58.0 Å². The molecule has 1 heterocycles. The molecule has 1 aromatic heterocycles. The van der Waals surface area contributed by atoms with Crippen molar-refractivity contribution in [3.05, 3.63) is 65.9 Å². The number of hydrogen-bond donors (Lipinski definition) is 1. The van der Waals surface area contributed by atoms with Crippen molar-refractivity contribution in [2.24, 2.45) is 0 Å². The lowest BCUT2D eigenvalue weighted by atomic mass is 10.1. The van der Waals surface area contributed by atoms with Crippen molar-refractivity contribution in [3.8, 4) is 5.75 Å². The highest BCUT2D eigenvalue weighted by atomic mass is 16.5. The fraction of sp³-hybridized carbons (Fsp3) is 0.429. The summed E-state index contributed by atoms with van der Waals surface area (Å²) < 4.78 is 5.28. The van der Waals surface area contributed by atoms with Gasteiger partial charge < -0.3 is 19.5 Å². The molecule has 6 heteroatoms. The third-order valence-corrected chi connectivity index (χ3v) is 6.57. The molecule has 1 N–H and O–H groups in total. The van der Waals surface area contributed by atoms with Gasteiger partial charge in [-0.2, -0.15) is 0 Å². The summed E-state index contributed by atoms with van der Waals surface area (Å²) in [6.07, 6.45) is 7.15. The highest BCUT2D eigenvalue weighted by Crippen LogP contribution is 2.28. The smallest absolute Gasteiger partial charge is 0.242 e. The molecule has 0 spiro atoms. The molecule has 0 saturated heterocycles. The quantitative estimate of drug-likeness (QED) is 0.416. The summed E-state index contributed by atoms with van der Waals surface area (Å²) in [5.74, 6) is 0.910. The fourth-order valence-electron chi connectivity index (χ4n) is 4.36. The largest absolute Gasteiger partial charge is 0.497 e. The Morgan fingerprint density at radius 1 is 1.06 bits per heavy atom. The van der Waals surface area contributed by atoms with E-state index in [1.165, 1.54) is 10.9 Å². The third kappa shape index (κ3) is 5.99. The third-order valence-electron chi connectivity index (χ3n) is 6.57. The molecule has 0 aliphatic heterocycles. The molecule has 0 unspecified atom stereocenters. The van der Waals surface area contributed by atoms with Crippen LogP contribution in [0.15, 0.2) is 54.7 Å². The second kappa shape index (κ2) is 11.2. The van der Waals surface area contributed by atoms with E-state index in [1.54, 1.807) is 7.11 Å². The summed E-state index contributed by atoms with van der Waals surface area (Å²) in [6.45, 7) is 3.35. The molecule has 6 nitrogen and oxygen atoms in total. The van der Waals surface area contributed by atoms with Crippen LogP contribution in [0.1, 0.15) is 50.2 Å². The number of nitrogens with zero attached hydrogens (tertiary/aromatic N) is 2. The minimum absolute atomic E-state index is 0.00686. The van der Waals surface area contributed by atoms with Gasteiger partial charge in [-0.05, 0) is 55.0 Å². The first-order chi connectivity index (χ1) is 16.6. The van der Waals surface area contributed by atoms with Crippen LogP contribution in [-0.2, 0) is 22.6 Å². The van der Waals surface area contributed by atoms with E-state index in [9.17, 15) is 9.59 Å². The summed E-state index contributed by atoms with van der Waals surface area (Å²) >= 11 is 0. The van der Waals surface area contributed by atoms with Crippen molar-refractivity contribution in [1.29, 1.82) is 0 Å². The maximum absolute atomic E-state index is 13.5. The SMILES string of the molecule is CCCCC(=O)N(CC(=O)N(CCc1c[nH]c2ccccc12)Cc1ccc(OC)cc1)C1CC1. The number of nitrogens with one attached hydrogen (secondary N) is 1. The Morgan fingerprint density at radius 3 is 2.53 bits per heavy atom. The zero-order valence-electron chi connectivity index (χ0n) is 20.3. The van der Waals surface area contributed by atoms with Gasteiger partial charge in [-0.3, -0.25) is 9.59 Å². The minimum Gasteiger partial charge on any atom is -0.497 e. The Labute approximate surface area is 201 Å². The van der Waals surface area contributed by atoms with E-state index >= 15 is 0 Å². The minimum atomic E-state index is 0.00686. The van der Waals surface area contributed by atoms with Gasteiger partial charge in [-0.15, -0.1) is 0 Å². The second-order valence-electron chi connectivity index (χ2n) is 9.13. The number of carbonyl (C=O) groups is 2. The van der Waals surface area contributed by atoms with E-state index in [1.807, 2.05) is 52.4 Å². The van der Waals surface area contributed by atoms with Crippen molar-refractivity contribution < 1.29 is 14.3 Å². The molecule has 180 valence electrons. The number of para-hydroxylation sites is 1. The van der Waals surface area contributed by atoms with Gasteiger partial charge in [0.25, 0.3) is 0 Å². The molecule has 1 aliphatic carbocycles. The van der Waals surface area contributed by atoms with E-state index in [-0.39, 0.29) is 24.4 Å². The molecule has 3 aromatic rings. The Bertz CT molecular complexity index is 1100. The molecule has 2 amide bonds. The second-order valence-corrected chi connectivity index (χ2v) is 9.13. The molecule has 1 fully saturated rings. The number of aromatic nitrogens is 1. The van der Waals surface area contributed by atoms with Crippen LogP contribution in [0, 0.1) is 0 Å². The molecule has 2 aromatic carbocycles. The lowest BCUT2D eigenvalue weighted by molar-refractivity contribution is -0.141. The summed E-state index contributed by atoms with van der Waals surface area (Å²) in [5, 5.41) is 1.19. The number of aromatic amines is 1. The van der Waals surface area contributed by atoms with Crippen molar-refractivity contribution >= 4 is 22.7 Å². The normalized spacial score (nSPS) is 13.1. The summed E-state index contributed by atoms with van der Waals surface area (Å²) in [7, 11) is 1.65. The molecule has 1 saturated carbocycles. The first-order valence-corrected chi connectivity index (χ1v) is 12.3. The number of benzene rings is 2. The predicted octanol–water partition coefficient (Wildman–Crippen LogP) is 4.93. The number of fused-ring (bicyclic) bond motifs is 1. The van der Waals surface area contributed by atoms with Gasteiger partial charge in [0.1, 0.15) is 12.3 Å². The van der Waals surface area contributed by atoms with Crippen LogP contribution in [0.2, 0.25) is 0 Å². The predicted molar refractivity (Wildman–Crippen MR) is 135 cm³/mol. The number of amides is 2. The number of rotatable bonds is 12. The molecule has 0 atom stereocenters. The van der Waals surface area contributed by atoms with E-state index in [0.29, 0.717) is 19.5 Å². The molecule has 34 heavy (non-hydrogen) atoms. The van der Waals surface area contributed by atoms with Crippen LogP contribution in [0.4, 0.5) is 0 Å². The van der Waals surface area contributed by atoms with Crippen molar-refractivity contribution in [3.63, 3.8) is 0 Å². The van der Waals surface area contributed by atoms with Gasteiger partial charge in [0, 0.05) is 42.7 Å². The summed E-state index contributed by atoms with van der Waals surface area (Å²) in [5.41, 5.74) is 3.34. The molecule has 1 aliphatic rings. The highest BCUT2D eigenvalue weighted by Gasteiger charge is 2.34. The zero-order chi connectivity index (χ0) is 23.9. The van der Waals surface area contributed by atoms with Gasteiger partial charge in [-0.1, -0.05) is 43.7 Å². The van der Waals surface area contributed by atoms with Gasteiger partial charge in [0.05, 0.1) is 7.11 Å². The maximum Gasteiger partial charge on any atom is 0.242 e. The van der Waals surface area contributed by atoms with Crippen LogP contribution >= 0.6 is 0 Å². The van der Waals surface area contributed by atoms with E-state index in [0.717, 1.165) is 48.9 Å². The number of hydrogen-bond acceptors (Lipinski definition) is 3. The number of H-pyrrole nitrogens is 1. The molecule has 0 radical (unpaired) electrons. The lowest BCUT2D eigenvalue weighted by Crippen LogP contribution is -2.44. The molecule has 4 rings (SSSR count). The Balaban J connectivity index is 1.49. The zero-order valence-corrected chi connectivity index (χ0v) is 20.3. The fourth-order valence-corrected chi connectivity index (χ4v) is 4.36. The van der Waals surface area contributed by atoms with E-state index in [2.05, 4.69) is 24.0 Å². The monoisotopic (exact) mass is 461 g/mol. The van der Waals surface area contributed by atoms with Gasteiger partial charge in [0.2, 0.25) is 11.8 Å². The topological polar surface area (TPSA) is 65.6 Å². The Kier molecular flexibility index (Phi) is 7.88. The van der Waals surface area contributed by atoms with E-state index in [4.69, 9.17) is 4.74 Å². The Hall–Kier alpha value is -3.28. The van der Waals surface area contributed by atoms with Gasteiger partial charge in [0.15, 0.2) is 0 Å². The maximum atomic E-state index is 13.5. The number of carbonyl (C=O) groups excluding carboxylic acids is 2. The van der Waals surface area contributed by atoms with Crippen LogP contribution in [0.25, 0.3) is 10.9 Å². The number of unbranched alkanes of at least 4 members (excludes halogenated alkanes) is 1. The van der Waals surface area contributed by atoms with Crippen LogP contribution in [0.5, 0.6) is 5.75 Å². The molecule has 0 bridgehead atoms. The van der Waals surface area contributed by atoms with Crippen molar-refractivity contribution in [1.82, 2.24) is 14.8 Å². The van der Waals surface area contributed by atoms with Gasteiger partial charge >= 0.3 is 0 Å². The van der Waals surface area contributed by atoms with Crippen LogP contribution in [0.3, 0.4) is 0 Å². The number of ether oxygens (including phenoxy) is 1. The average Bonchev–Trinajstić information content (AvgIpc) is 3.63. The number of methoxy groups -OCH3 is 1. The first-order valence-electron chi connectivity index (χ1n) is 12.3. The van der Waals surface area contributed by atoms with Crippen LogP contribution in [-0.4, -0.2) is 52.8 Å². The average molecular weight is 462 g/mol. The van der Waals surface area contributed by atoms with Crippen molar-refractivity contribution in [2.75, 3.05) is 20.2 Å². The van der Waals surface area contributed by atoms with Gasteiger partial charge in [-0.25, -0.2) is 0 Å². The van der Waals surface area contributed by atoms with E-state index < -0.39 is 0 Å². The van der Waals surface area contributed by atoms with Crippen LogP contribution < -0.4 is 4.74 Å². The lowest BCUT2D eigenvalue weighted by Gasteiger charge is -2.28. The Morgan fingerprint density at radius 2 is 1.82 bits per heavy atom. The molecular weight excluding hydrogens is 426 g/mol. The highest BCUT2D eigenvalue weighted by molar-refractivity contribution is 5.86.